The van der Waals surface area contributed by atoms with Crippen LogP contribution in [-0.4, -0.2) is 37.2 Å². The first-order chi connectivity index (χ1) is 13.3. The average molecular weight is 403 g/mol. The Morgan fingerprint density at radius 1 is 1.07 bits per heavy atom. The molecule has 28 heavy (non-hydrogen) atoms. The van der Waals surface area contributed by atoms with E-state index in [1.165, 1.54) is 38.5 Å². The van der Waals surface area contributed by atoms with Gasteiger partial charge in [0.05, 0.1) is 19.9 Å². The van der Waals surface area contributed by atoms with Crippen LogP contribution in [0.5, 0.6) is 17.2 Å². The molecule has 0 atom stereocenters. The number of amides is 4. The smallest absolute Gasteiger partial charge is 0.335 e. The first-order valence-corrected chi connectivity index (χ1v) is 8.35. The zero-order chi connectivity index (χ0) is 20.4. The molecule has 2 N–H and O–H groups in total. The molecule has 0 aromatic heterocycles. The minimum absolute atomic E-state index is 0.0751. The van der Waals surface area contributed by atoms with Crippen LogP contribution >= 0.6 is 11.6 Å². The minimum atomic E-state index is -0.891. The van der Waals surface area contributed by atoms with E-state index in [4.69, 9.17) is 21.1 Å². The number of halogens is 1. The third kappa shape index (κ3) is 3.49. The number of aromatic hydroxyl groups is 1. The fourth-order valence-electron chi connectivity index (χ4n) is 2.64. The molecule has 0 spiro atoms. The number of imide groups is 2. The molecule has 0 unspecified atom stereocenters. The molecule has 1 saturated heterocycles. The lowest BCUT2D eigenvalue weighted by Crippen LogP contribution is -2.54. The average Bonchev–Trinajstić information content (AvgIpc) is 2.67. The van der Waals surface area contributed by atoms with Crippen LogP contribution in [0.1, 0.15) is 5.56 Å². The van der Waals surface area contributed by atoms with Gasteiger partial charge in [-0.25, -0.2) is 9.69 Å². The lowest BCUT2D eigenvalue weighted by molar-refractivity contribution is -0.122. The summed E-state index contributed by atoms with van der Waals surface area (Å²) in [6, 6.07) is 8.01. The number of nitrogens with zero attached hydrogens (tertiary/aromatic N) is 1. The Balaban J connectivity index is 2.05. The second-order valence-electron chi connectivity index (χ2n) is 5.70. The maximum absolute atomic E-state index is 12.9. The SMILES string of the molecule is COc1ccc(N2C(=O)NC(=O)/C(=C\c3cc(Cl)cc(OC)c3O)C2=O)cc1. The molecule has 1 aliphatic rings. The van der Waals surface area contributed by atoms with Crippen LogP contribution in [0.3, 0.4) is 0 Å². The van der Waals surface area contributed by atoms with Crippen molar-refractivity contribution >= 4 is 41.2 Å². The van der Waals surface area contributed by atoms with E-state index in [0.717, 1.165) is 11.0 Å². The maximum Gasteiger partial charge on any atom is 0.335 e. The van der Waals surface area contributed by atoms with E-state index < -0.39 is 17.8 Å². The van der Waals surface area contributed by atoms with Crippen LogP contribution < -0.4 is 19.7 Å². The summed E-state index contributed by atoms with van der Waals surface area (Å²) in [4.78, 5) is 38.1. The van der Waals surface area contributed by atoms with E-state index in [0.29, 0.717) is 5.75 Å². The van der Waals surface area contributed by atoms with Crippen molar-refractivity contribution < 1.29 is 29.0 Å². The van der Waals surface area contributed by atoms with Crippen molar-refractivity contribution in [1.29, 1.82) is 0 Å². The van der Waals surface area contributed by atoms with Crippen molar-refractivity contribution in [1.82, 2.24) is 5.32 Å². The van der Waals surface area contributed by atoms with Crippen LogP contribution in [0.4, 0.5) is 10.5 Å². The molecule has 8 nitrogen and oxygen atoms in total. The van der Waals surface area contributed by atoms with Crippen molar-refractivity contribution in [2.45, 2.75) is 0 Å². The number of nitrogens with one attached hydrogen (secondary N) is 1. The summed E-state index contributed by atoms with van der Waals surface area (Å²) in [7, 11) is 2.82. The van der Waals surface area contributed by atoms with E-state index in [-0.39, 0.29) is 33.3 Å². The number of urea groups is 1. The molecule has 1 heterocycles. The highest BCUT2D eigenvalue weighted by Gasteiger charge is 2.37. The van der Waals surface area contributed by atoms with Gasteiger partial charge in [-0.05, 0) is 36.4 Å². The van der Waals surface area contributed by atoms with Crippen molar-refractivity contribution in [2.24, 2.45) is 0 Å². The van der Waals surface area contributed by atoms with Crippen molar-refractivity contribution in [3.8, 4) is 17.2 Å². The van der Waals surface area contributed by atoms with Gasteiger partial charge in [0.25, 0.3) is 11.8 Å². The van der Waals surface area contributed by atoms with Crippen molar-refractivity contribution in [3.05, 3.63) is 52.6 Å². The molecule has 0 saturated carbocycles. The van der Waals surface area contributed by atoms with Crippen LogP contribution in [0.2, 0.25) is 5.02 Å². The summed E-state index contributed by atoms with van der Waals surface area (Å²) in [6.45, 7) is 0. The molecular formula is C19H15ClN2O6. The number of rotatable bonds is 4. The highest BCUT2D eigenvalue weighted by molar-refractivity contribution is 6.39. The van der Waals surface area contributed by atoms with E-state index >= 15 is 0 Å². The molecule has 0 bridgehead atoms. The zero-order valence-corrected chi connectivity index (χ0v) is 15.6. The van der Waals surface area contributed by atoms with Gasteiger partial charge in [-0.2, -0.15) is 0 Å². The first-order valence-electron chi connectivity index (χ1n) is 7.97. The quantitative estimate of drug-likeness (QED) is 0.601. The fourth-order valence-corrected chi connectivity index (χ4v) is 2.86. The predicted molar refractivity (Wildman–Crippen MR) is 102 cm³/mol. The summed E-state index contributed by atoms with van der Waals surface area (Å²) in [5.41, 5.74) is -0.0171. The van der Waals surface area contributed by atoms with Crippen LogP contribution in [0.15, 0.2) is 42.0 Å². The Morgan fingerprint density at radius 3 is 2.36 bits per heavy atom. The number of benzene rings is 2. The number of phenols is 1. The van der Waals surface area contributed by atoms with Gasteiger partial charge < -0.3 is 14.6 Å². The van der Waals surface area contributed by atoms with E-state index in [2.05, 4.69) is 5.32 Å². The number of ether oxygens (including phenoxy) is 2. The molecule has 1 aliphatic heterocycles. The molecule has 9 heteroatoms. The molecular weight excluding hydrogens is 388 g/mol. The minimum Gasteiger partial charge on any atom is -0.504 e. The Kier molecular flexibility index (Phi) is 5.23. The second kappa shape index (κ2) is 7.61. The van der Waals surface area contributed by atoms with Crippen LogP contribution in [0, 0.1) is 0 Å². The first kappa shape index (κ1) is 19.2. The molecule has 0 radical (unpaired) electrons. The summed E-state index contributed by atoms with van der Waals surface area (Å²) < 4.78 is 10.1. The summed E-state index contributed by atoms with van der Waals surface area (Å²) >= 11 is 5.99. The summed E-state index contributed by atoms with van der Waals surface area (Å²) in [5, 5.41) is 12.6. The number of methoxy groups -OCH3 is 2. The Bertz CT molecular complexity index is 1000. The lowest BCUT2D eigenvalue weighted by Gasteiger charge is -2.26. The second-order valence-corrected chi connectivity index (χ2v) is 6.14. The van der Waals surface area contributed by atoms with E-state index in [1.807, 2.05) is 0 Å². The van der Waals surface area contributed by atoms with Gasteiger partial charge in [0.1, 0.15) is 11.3 Å². The predicted octanol–water partition coefficient (Wildman–Crippen LogP) is 2.73. The van der Waals surface area contributed by atoms with E-state index in [1.54, 1.807) is 12.1 Å². The summed E-state index contributed by atoms with van der Waals surface area (Å²) in [6.07, 6.45) is 1.14. The number of anilines is 1. The number of phenolic OH excluding ortho intramolecular Hbond substituents is 1. The number of carbonyl (C=O) groups excluding carboxylic acids is 3. The van der Waals surface area contributed by atoms with Gasteiger partial charge in [-0.3, -0.25) is 14.9 Å². The fraction of sp³-hybridized carbons (Fsp3) is 0.105. The standard InChI is InChI=1S/C19H15ClN2O6/c1-27-13-5-3-12(4-6-13)22-18(25)14(17(24)21-19(22)26)8-10-7-11(20)9-15(28-2)16(10)23/h3-9,23H,1-2H3,(H,21,24,26)/b14-8+. The van der Waals surface area contributed by atoms with Gasteiger partial charge in [0, 0.05) is 16.7 Å². The van der Waals surface area contributed by atoms with Crippen LogP contribution in [-0.2, 0) is 9.59 Å². The number of carbonyl (C=O) groups is 3. The Labute approximate surface area is 164 Å². The van der Waals surface area contributed by atoms with Gasteiger partial charge in [-0.15, -0.1) is 0 Å². The zero-order valence-electron chi connectivity index (χ0n) is 14.9. The van der Waals surface area contributed by atoms with Gasteiger partial charge in [0.15, 0.2) is 11.5 Å². The number of hydrogen-bond donors (Lipinski definition) is 2. The number of hydrogen-bond acceptors (Lipinski definition) is 6. The normalized spacial score (nSPS) is 15.6. The van der Waals surface area contributed by atoms with Crippen molar-refractivity contribution in [2.75, 3.05) is 19.1 Å². The van der Waals surface area contributed by atoms with Crippen LogP contribution in [0.25, 0.3) is 6.08 Å². The van der Waals surface area contributed by atoms with Gasteiger partial charge >= 0.3 is 6.03 Å². The Hall–Kier alpha value is -3.52. The topological polar surface area (TPSA) is 105 Å². The van der Waals surface area contributed by atoms with E-state index in [9.17, 15) is 19.5 Å². The maximum atomic E-state index is 12.9. The lowest BCUT2D eigenvalue weighted by atomic mass is 10.1. The van der Waals surface area contributed by atoms with Gasteiger partial charge in [0.2, 0.25) is 0 Å². The molecule has 1 fully saturated rings. The largest absolute Gasteiger partial charge is 0.504 e. The molecule has 2 aromatic carbocycles. The monoisotopic (exact) mass is 402 g/mol. The molecule has 0 aliphatic carbocycles. The Morgan fingerprint density at radius 2 is 1.75 bits per heavy atom. The molecule has 2 aromatic rings. The summed E-state index contributed by atoms with van der Waals surface area (Å²) in [5.74, 6) is -1.43. The highest BCUT2D eigenvalue weighted by Crippen LogP contribution is 2.35. The van der Waals surface area contributed by atoms with Crippen molar-refractivity contribution in [3.63, 3.8) is 0 Å². The van der Waals surface area contributed by atoms with Gasteiger partial charge in [-0.1, -0.05) is 11.6 Å². The third-order valence-corrected chi connectivity index (χ3v) is 4.24. The number of barbiturate groups is 1. The molecule has 4 amide bonds. The third-order valence-electron chi connectivity index (χ3n) is 4.02. The molecule has 3 rings (SSSR count). The highest BCUT2D eigenvalue weighted by atomic mass is 35.5. The molecule has 144 valence electrons.